The standard InChI is InChI=1S/C22H24N4OS/c1-2-25-12-14-26(15-13-25)17-18(16-23)22(27)24-20-10-6-7-11-21(20)28-19-8-4-3-5-9-19/h3-11,17H,2,12-15H2,1H3,(H,24,27)/b18-17-. The van der Waals surface area contributed by atoms with Gasteiger partial charge in [0.2, 0.25) is 0 Å². The first kappa shape index (κ1) is 20.0. The van der Waals surface area contributed by atoms with E-state index in [1.165, 1.54) is 0 Å². The van der Waals surface area contributed by atoms with Gasteiger partial charge in [0.15, 0.2) is 0 Å². The first-order chi connectivity index (χ1) is 13.7. The zero-order chi connectivity index (χ0) is 19.8. The van der Waals surface area contributed by atoms with Crippen molar-refractivity contribution in [2.45, 2.75) is 16.7 Å². The van der Waals surface area contributed by atoms with Crippen molar-refractivity contribution in [2.24, 2.45) is 0 Å². The Labute approximate surface area is 170 Å². The average Bonchev–Trinajstić information content (AvgIpc) is 2.74. The predicted molar refractivity (Wildman–Crippen MR) is 113 cm³/mol. The monoisotopic (exact) mass is 392 g/mol. The molecule has 0 spiro atoms. The molecule has 1 saturated heterocycles. The summed E-state index contributed by atoms with van der Waals surface area (Å²) < 4.78 is 0. The molecule has 1 amide bonds. The Kier molecular flexibility index (Phi) is 7.12. The van der Waals surface area contributed by atoms with Gasteiger partial charge in [0.05, 0.1) is 5.69 Å². The van der Waals surface area contributed by atoms with E-state index in [2.05, 4.69) is 28.1 Å². The van der Waals surface area contributed by atoms with E-state index in [0.29, 0.717) is 5.69 Å². The summed E-state index contributed by atoms with van der Waals surface area (Å²) in [7, 11) is 0. The van der Waals surface area contributed by atoms with Gasteiger partial charge in [-0.3, -0.25) is 4.79 Å². The van der Waals surface area contributed by atoms with Crippen molar-refractivity contribution in [3.05, 3.63) is 66.4 Å². The highest BCUT2D eigenvalue weighted by atomic mass is 32.2. The van der Waals surface area contributed by atoms with Crippen LogP contribution in [-0.4, -0.2) is 48.4 Å². The Morgan fingerprint density at radius 3 is 2.46 bits per heavy atom. The summed E-state index contributed by atoms with van der Waals surface area (Å²) in [6.07, 6.45) is 1.69. The van der Waals surface area contributed by atoms with Crippen LogP contribution in [0.15, 0.2) is 76.2 Å². The van der Waals surface area contributed by atoms with Crippen molar-refractivity contribution in [3.8, 4) is 6.07 Å². The molecular weight excluding hydrogens is 368 g/mol. The zero-order valence-corrected chi connectivity index (χ0v) is 16.8. The van der Waals surface area contributed by atoms with Gasteiger partial charge in [0, 0.05) is 42.2 Å². The fourth-order valence-electron chi connectivity index (χ4n) is 2.99. The Balaban J connectivity index is 1.70. The molecule has 1 aliphatic heterocycles. The van der Waals surface area contributed by atoms with E-state index in [4.69, 9.17) is 0 Å². The van der Waals surface area contributed by atoms with Crippen LogP contribution in [0.3, 0.4) is 0 Å². The van der Waals surface area contributed by atoms with Crippen molar-refractivity contribution >= 4 is 23.4 Å². The minimum absolute atomic E-state index is 0.129. The zero-order valence-electron chi connectivity index (χ0n) is 16.0. The number of amides is 1. The Morgan fingerprint density at radius 1 is 1.11 bits per heavy atom. The smallest absolute Gasteiger partial charge is 0.267 e. The number of rotatable bonds is 6. The molecule has 1 aliphatic rings. The second-order valence-electron chi connectivity index (χ2n) is 6.49. The number of carbonyl (C=O) groups is 1. The molecule has 1 N–H and O–H groups in total. The minimum atomic E-state index is -0.374. The molecule has 1 fully saturated rings. The van der Waals surface area contributed by atoms with Crippen LogP contribution in [0.25, 0.3) is 0 Å². The topological polar surface area (TPSA) is 59.4 Å². The molecule has 5 nitrogen and oxygen atoms in total. The van der Waals surface area contributed by atoms with Crippen LogP contribution in [0.2, 0.25) is 0 Å². The molecule has 0 unspecified atom stereocenters. The summed E-state index contributed by atoms with van der Waals surface area (Å²) in [5.41, 5.74) is 0.836. The lowest BCUT2D eigenvalue weighted by molar-refractivity contribution is -0.112. The van der Waals surface area contributed by atoms with Gasteiger partial charge in [0.25, 0.3) is 5.91 Å². The first-order valence-corrected chi connectivity index (χ1v) is 10.2. The second-order valence-corrected chi connectivity index (χ2v) is 7.61. The fraction of sp³-hybridized carbons (Fsp3) is 0.273. The van der Waals surface area contributed by atoms with Crippen LogP contribution >= 0.6 is 11.8 Å². The summed E-state index contributed by atoms with van der Waals surface area (Å²) in [6.45, 7) is 6.72. The summed E-state index contributed by atoms with van der Waals surface area (Å²) in [5.74, 6) is -0.374. The molecule has 0 atom stereocenters. The minimum Gasteiger partial charge on any atom is -0.374 e. The number of anilines is 1. The third-order valence-corrected chi connectivity index (χ3v) is 5.72. The number of nitriles is 1. The number of piperazine rings is 1. The van der Waals surface area contributed by atoms with Crippen LogP contribution in [-0.2, 0) is 4.79 Å². The van der Waals surface area contributed by atoms with Gasteiger partial charge >= 0.3 is 0 Å². The van der Waals surface area contributed by atoms with Crippen molar-refractivity contribution in [2.75, 3.05) is 38.0 Å². The van der Waals surface area contributed by atoms with Gasteiger partial charge in [-0.1, -0.05) is 49.0 Å². The van der Waals surface area contributed by atoms with E-state index >= 15 is 0 Å². The first-order valence-electron chi connectivity index (χ1n) is 9.41. The molecule has 144 valence electrons. The van der Waals surface area contributed by atoms with Crippen molar-refractivity contribution in [1.82, 2.24) is 9.80 Å². The van der Waals surface area contributed by atoms with Crippen molar-refractivity contribution < 1.29 is 4.79 Å². The van der Waals surface area contributed by atoms with E-state index in [0.717, 1.165) is 42.5 Å². The largest absolute Gasteiger partial charge is 0.374 e. The fourth-order valence-corrected chi connectivity index (χ4v) is 3.92. The van der Waals surface area contributed by atoms with E-state index in [9.17, 15) is 10.1 Å². The average molecular weight is 393 g/mol. The molecule has 28 heavy (non-hydrogen) atoms. The number of likely N-dealkylation sites (N-methyl/N-ethyl adjacent to an activating group) is 1. The molecule has 0 aromatic heterocycles. The number of hydrogen-bond acceptors (Lipinski definition) is 5. The highest BCUT2D eigenvalue weighted by Gasteiger charge is 2.17. The number of carbonyl (C=O) groups excluding carboxylic acids is 1. The molecule has 0 aliphatic carbocycles. The lowest BCUT2D eigenvalue weighted by Crippen LogP contribution is -2.44. The lowest BCUT2D eigenvalue weighted by atomic mass is 10.2. The Morgan fingerprint density at radius 2 is 1.79 bits per heavy atom. The molecule has 2 aromatic rings. The summed E-state index contributed by atoms with van der Waals surface area (Å²) in [4.78, 5) is 19.1. The van der Waals surface area contributed by atoms with Gasteiger partial charge in [-0.2, -0.15) is 5.26 Å². The number of nitrogens with zero attached hydrogens (tertiary/aromatic N) is 3. The lowest BCUT2D eigenvalue weighted by Gasteiger charge is -2.33. The highest BCUT2D eigenvalue weighted by molar-refractivity contribution is 7.99. The van der Waals surface area contributed by atoms with Gasteiger partial charge < -0.3 is 15.1 Å². The predicted octanol–water partition coefficient (Wildman–Crippen LogP) is 3.82. The number of benzene rings is 2. The molecule has 1 heterocycles. The van der Waals surface area contributed by atoms with Gasteiger partial charge in [0.1, 0.15) is 11.6 Å². The van der Waals surface area contributed by atoms with E-state index < -0.39 is 0 Å². The quantitative estimate of drug-likeness (QED) is 0.598. The second kappa shape index (κ2) is 9.98. The van der Waals surface area contributed by atoms with Gasteiger partial charge in [-0.05, 0) is 30.8 Å². The number of para-hydroxylation sites is 1. The number of nitrogens with one attached hydrogen (secondary N) is 1. The Bertz CT molecular complexity index is 868. The third-order valence-electron chi connectivity index (χ3n) is 4.64. The molecule has 0 bridgehead atoms. The van der Waals surface area contributed by atoms with Crippen LogP contribution in [0, 0.1) is 11.3 Å². The van der Waals surface area contributed by atoms with Gasteiger partial charge in [-0.15, -0.1) is 0 Å². The number of hydrogen-bond donors (Lipinski definition) is 1. The summed E-state index contributed by atoms with van der Waals surface area (Å²) in [6, 6.07) is 19.7. The molecular formula is C22H24N4OS. The van der Waals surface area contributed by atoms with Crippen LogP contribution in [0.5, 0.6) is 0 Å². The van der Waals surface area contributed by atoms with E-state index in [1.54, 1.807) is 18.0 Å². The SMILES string of the molecule is CCN1CCN(/C=C(/C#N)C(=O)Nc2ccccc2Sc2ccccc2)CC1. The highest BCUT2D eigenvalue weighted by Crippen LogP contribution is 2.33. The van der Waals surface area contributed by atoms with E-state index in [1.807, 2.05) is 54.6 Å². The molecule has 0 saturated carbocycles. The van der Waals surface area contributed by atoms with Crippen molar-refractivity contribution in [1.29, 1.82) is 5.26 Å². The third kappa shape index (κ3) is 5.38. The Hall–Kier alpha value is -2.75. The molecule has 6 heteroatoms. The molecule has 0 radical (unpaired) electrons. The maximum Gasteiger partial charge on any atom is 0.267 e. The van der Waals surface area contributed by atoms with Gasteiger partial charge in [-0.25, -0.2) is 0 Å². The maximum absolute atomic E-state index is 12.7. The normalized spacial score (nSPS) is 15.1. The van der Waals surface area contributed by atoms with Crippen LogP contribution in [0.1, 0.15) is 6.92 Å². The summed E-state index contributed by atoms with van der Waals surface area (Å²) >= 11 is 1.58. The van der Waals surface area contributed by atoms with E-state index in [-0.39, 0.29) is 11.5 Å². The maximum atomic E-state index is 12.7. The molecule has 2 aromatic carbocycles. The van der Waals surface area contributed by atoms with Crippen molar-refractivity contribution in [3.63, 3.8) is 0 Å². The van der Waals surface area contributed by atoms with Crippen LogP contribution < -0.4 is 5.32 Å². The summed E-state index contributed by atoms with van der Waals surface area (Å²) in [5, 5.41) is 12.4. The molecule has 3 rings (SSSR count). The van der Waals surface area contributed by atoms with Crippen LogP contribution in [0.4, 0.5) is 5.69 Å².